The van der Waals surface area contributed by atoms with Gasteiger partial charge in [0, 0.05) is 61.3 Å². The molecule has 236 valence electrons. The van der Waals surface area contributed by atoms with Gasteiger partial charge in [0.05, 0.1) is 24.1 Å². The molecule has 0 bridgehead atoms. The molecule has 4 heterocycles. The van der Waals surface area contributed by atoms with E-state index in [0.717, 1.165) is 41.2 Å². The highest BCUT2D eigenvalue weighted by Gasteiger charge is 2.36. The van der Waals surface area contributed by atoms with E-state index >= 15 is 0 Å². The van der Waals surface area contributed by atoms with Gasteiger partial charge < -0.3 is 24.3 Å². The molecule has 1 aliphatic carbocycles. The number of fused-ring (bicyclic) bond motifs is 2. The van der Waals surface area contributed by atoms with E-state index in [-0.39, 0.29) is 19.2 Å². The number of anilines is 2. The van der Waals surface area contributed by atoms with Gasteiger partial charge in [-0.25, -0.2) is 11.0 Å². The Hall–Kier alpha value is -4.30. The number of benzene rings is 1. The molecule has 2 atom stereocenters. The van der Waals surface area contributed by atoms with Crippen LogP contribution in [-0.4, -0.2) is 95.2 Å². The summed E-state index contributed by atoms with van der Waals surface area (Å²) in [5.41, 5.74) is 4.20. The zero-order valence-electron chi connectivity index (χ0n) is 26.4. The maximum atomic E-state index is 13.9. The van der Waals surface area contributed by atoms with Crippen molar-refractivity contribution in [1.82, 2.24) is 24.8 Å². The third-order valence-corrected chi connectivity index (χ3v) is 9.46. The number of nitrogens with zero attached hydrogens (tertiary/aromatic N) is 8. The average Bonchev–Trinajstić information content (AvgIpc) is 2.99. The summed E-state index contributed by atoms with van der Waals surface area (Å²) in [7, 11) is 2.14. The molecule has 0 radical (unpaired) electrons. The second-order valence-corrected chi connectivity index (χ2v) is 12.6. The number of rotatable bonds is 9. The number of aromatic nitrogens is 3. The average molecular weight is 613 g/mol. The molecule has 1 aromatic carbocycles. The standard InChI is InChI=1S/C34H41FN8O2/c1-22-8-6-9-25-16-37-18-30(31(22)25)41-13-12-28-29(21-41)38-34(45-23(2)19-40(5)26-10-7-11-26)39-32(28)42-14-15-43(33(44)24(3)35)27(20-42)17-36-4/h6,8-9,16,18,23,26-27H,3,7,10-15,17,19-21H2,1-2,5H3/t23-,27+/m1/s1. The molecule has 0 spiro atoms. The van der Waals surface area contributed by atoms with Crippen LogP contribution < -0.4 is 14.5 Å². The fraction of sp³-hybridized carbons (Fsp3) is 0.500. The van der Waals surface area contributed by atoms with E-state index in [2.05, 4.69) is 70.2 Å². The summed E-state index contributed by atoms with van der Waals surface area (Å²) >= 11 is 0. The Morgan fingerprint density at radius 1 is 1.22 bits per heavy atom. The molecule has 2 aliphatic heterocycles. The number of halogens is 1. The van der Waals surface area contributed by atoms with Crippen LogP contribution in [0.2, 0.25) is 0 Å². The second kappa shape index (κ2) is 13.0. The molecule has 45 heavy (non-hydrogen) atoms. The molecule has 11 heteroatoms. The summed E-state index contributed by atoms with van der Waals surface area (Å²) < 4.78 is 20.3. The summed E-state index contributed by atoms with van der Waals surface area (Å²) in [5, 5.41) is 2.29. The first-order valence-electron chi connectivity index (χ1n) is 15.8. The van der Waals surface area contributed by atoms with E-state index in [1.165, 1.54) is 35.1 Å². The van der Waals surface area contributed by atoms with Crippen molar-refractivity contribution in [3.05, 3.63) is 71.2 Å². The molecular weight excluding hydrogens is 571 g/mol. The fourth-order valence-electron chi connectivity index (χ4n) is 6.88. The first-order valence-corrected chi connectivity index (χ1v) is 15.8. The number of aryl methyl sites for hydroxylation is 1. The Balaban J connectivity index is 1.33. The molecule has 1 saturated heterocycles. The minimum atomic E-state index is -1.01. The smallest absolute Gasteiger partial charge is 0.318 e. The molecule has 2 aromatic heterocycles. The lowest BCUT2D eigenvalue weighted by Crippen LogP contribution is -2.57. The topological polar surface area (TPSA) is 82.3 Å². The third-order valence-electron chi connectivity index (χ3n) is 9.46. The summed E-state index contributed by atoms with van der Waals surface area (Å²) in [6, 6.07) is 6.71. The first kappa shape index (κ1) is 30.7. The second-order valence-electron chi connectivity index (χ2n) is 12.6. The Kier molecular flexibility index (Phi) is 8.85. The van der Waals surface area contributed by atoms with Crippen LogP contribution in [-0.2, 0) is 17.8 Å². The molecule has 2 fully saturated rings. The van der Waals surface area contributed by atoms with E-state index in [1.807, 2.05) is 12.4 Å². The Bertz CT molecular complexity index is 1630. The largest absolute Gasteiger partial charge is 0.459 e. The molecule has 1 saturated carbocycles. The van der Waals surface area contributed by atoms with E-state index in [0.29, 0.717) is 38.1 Å². The molecular formula is C34H41FN8O2. The Morgan fingerprint density at radius 2 is 2.04 bits per heavy atom. The Labute approximate surface area is 264 Å². The molecule has 1 amide bonds. The van der Waals surface area contributed by atoms with Crippen molar-refractivity contribution in [3.63, 3.8) is 0 Å². The number of carbonyl (C=O) groups is 1. The quantitative estimate of drug-likeness (QED) is 0.257. The van der Waals surface area contributed by atoms with Gasteiger partial charge in [0.15, 0.2) is 5.83 Å². The maximum Gasteiger partial charge on any atom is 0.318 e. The molecule has 0 N–H and O–H groups in total. The number of carbonyl (C=O) groups excluding carboxylic acids is 1. The maximum absolute atomic E-state index is 13.9. The normalized spacial score (nSPS) is 19.2. The van der Waals surface area contributed by atoms with Crippen molar-refractivity contribution in [1.29, 1.82) is 0 Å². The van der Waals surface area contributed by atoms with Crippen LogP contribution in [0.5, 0.6) is 6.01 Å². The summed E-state index contributed by atoms with van der Waals surface area (Å²) in [6.07, 6.45) is 8.14. The third kappa shape index (κ3) is 6.29. The number of amides is 1. The summed E-state index contributed by atoms with van der Waals surface area (Å²) in [5.74, 6) is -0.994. The van der Waals surface area contributed by atoms with Gasteiger partial charge >= 0.3 is 6.01 Å². The van der Waals surface area contributed by atoms with Crippen LogP contribution >= 0.6 is 0 Å². The van der Waals surface area contributed by atoms with Crippen LogP contribution in [0, 0.1) is 13.5 Å². The van der Waals surface area contributed by atoms with E-state index in [1.54, 1.807) is 0 Å². The van der Waals surface area contributed by atoms with Crippen molar-refractivity contribution < 1.29 is 13.9 Å². The lowest BCUT2D eigenvalue weighted by molar-refractivity contribution is -0.131. The zero-order chi connectivity index (χ0) is 31.7. The number of hydrogen-bond donors (Lipinski definition) is 0. The van der Waals surface area contributed by atoms with Crippen molar-refractivity contribution in [2.75, 3.05) is 56.1 Å². The highest BCUT2D eigenvalue weighted by Crippen LogP contribution is 2.35. The van der Waals surface area contributed by atoms with E-state index in [9.17, 15) is 9.18 Å². The van der Waals surface area contributed by atoms with Gasteiger partial charge in [-0.1, -0.05) is 31.2 Å². The predicted molar refractivity (Wildman–Crippen MR) is 173 cm³/mol. The van der Waals surface area contributed by atoms with Gasteiger partial charge in [0.25, 0.3) is 5.91 Å². The van der Waals surface area contributed by atoms with Crippen LogP contribution in [0.15, 0.2) is 43.0 Å². The minimum Gasteiger partial charge on any atom is -0.459 e. The molecule has 0 unspecified atom stereocenters. The SMILES string of the molecule is [C-]#[N+]C[C@H]1CN(c2nc(O[C@H](C)CN(C)C3CCC3)nc3c2CCN(c2cncc4cccc(C)c24)C3)CCN1C(=O)C(=C)F. The van der Waals surface area contributed by atoms with Crippen LogP contribution in [0.25, 0.3) is 15.6 Å². The van der Waals surface area contributed by atoms with Crippen molar-refractivity contribution >= 4 is 28.2 Å². The van der Waals surface area contributed by atoms with Crippen molar-refractivity contribution in [2.45, 2.75) is 64.3 Å². The predicted octanol–water partition coefficient (Wildman–Crippen LogP) is 4.57. The van der Waals surface area contributed by atoms with Gasteiger partial charge in [-0.3, -0.25) is 14.7 Å². The highest BCUT2D eigenvalue weighted by atomic mass is 19.1. The lowest BCUT2D eigenvalue weighted by atomic mass is 9.92. The van der Waals surface area contributed by atoms with Crippen LogP contribution in [0.1, 0.15) is 43.0 Å². The fourth-order valence-corrected chi connectivity index (χ4v) is 6.88. The molecule has 3 aliphatic rings. The zero-order valence-corrected chi connectivity index (χ0v) is 26.4. The van der Waals surface area contributed by atoms with Crippen LogP contribution in [0.4, 0.5) is 15.9 Å². The van der Waals surface area contributed by atoms with Gasteiger partial charge in [-0.2, -0.15) is 9.97 Å². The number of pyridine rings is 1. The first-order chi connectivity index (χ1) is 21.7. The van der Waals surface area contributed by atoms with E-state index in [4.69, 9.17) is 21.3 Å². The molecule has 3 aromatic rings. The van der Waals surface area contributed by atoms with Gasteiger partial charge in [0.2, 0.25) is 6.54 Å². The highest BCUT2D eigenvalue weighted by molar-refractivity contribution is 5.96. The number of ether oxygens (including phenoxy) is 1. The monoisotopic (exact) mass is 612 g/mol. The van der Waals surface area contributed by atoms with Gasteiger partial charge in [-0.05, 0) is 45.7 Å². The minimum absolute atomic E-state index is 0.0674. The summed E-state index contributed by atoms with van der Waals surface area (Å²) in [6.45, 7) is 18.1. The summed E-state index contributed by atoms with van der Waals surface area (Å²) in [4.78, 5) is 38.8. The Morgan fingerprint density at radius 3 is 2.78 bits per heavy atom. The van der Waals surface area contributed by atoms with E-state index < -0.39 is 17.8 Å². The number of hydrogen-bond acceptors (Lipinski definition) is 8. The number of piperazine rings is 1. The van der Waals surface area contributed by atoms with Gasteiger partial charge in [0.1, 0.15) is 18.0 Å². The van der Waals surface area contributed by atoms with Crippen LogP contribution in [0.3, 0.4) is 0 Å². The number of likely N-dealkylation sites (N-methyl/N-ethyl adjacent to an activating group) is 1. The molecule has 6 rings (SSSR count). The lowest BCUT2D eigenvalue weighted by Gasteiger charge is -2.41. The van der Waals surface area contributed by atoms with Crippen molar-refractivity contribution in [2.24, 2.45) is 0 Å². The van der Waals surface area contributed by atoms with Gasteiger partial charge in [-0.15, -0.1) is 0 Å². The molecule has 10 nitrogen and oxygen atoms in total. The van der Waals surface area contributed by atoms with Crippen molar-refractivity contribution in [3.8, 4) is 6.01 Å².